The first-order valence-corrected chi connectivity index (χ1v) is 4.32. The fraction of sp³-hybridized carbons (Fsp3) is 0.400. The standard InChI is InChI=1S/C10H14FNO/c11-10-4-2-1-3-9(10)5-8(6-12)7-13/h1-4,8,13H,5-7,12H2. The van der Waals surface area contributed by atoms with E-state index in [9.17, 15) is 4.39 Å². The summed E-state index contributed by atoms with van der Waals surface area (Å²) in [7, 11) is 0. The fourth-order valence-electron chi connectivity index (χ4n) is 1.20. The van der Waals surface area contributed by atoms with Crippen LogP contribution in [0.4, 0.5) is 4.39 Å². The lowest BCUT2D eigenvalue weighted by Gasteiger charge is -2.11. The lowest BCUT2D eigenvalue weighted by atomic mass is 10.00. The third-order valence-corrected chi connectivity index (χ3v) is 2.06. The first kappa shape index (κ1) is 10.2. The summed E-state index contributed by atoms with van der Waals surface area (Å²) in [5.41, 5.74) is 6.02. The van der Waals surface area contributed by atoms with E-state index < -0.39 is 0 Å². The summed E-state index contributed by atoms with van der Waals surface area (Å²) in [6.45, 7) is 0.385. The van der Waals surface area contributed by atoms with E-state index in [4.69, 9.17) is 10.8 Å². The van der Waals surface area contributed by atoms with Crippen molar-refractivity contribution in [1.82, 2.24) is 0 Å². The number of benzene rings is 1. The second kappa shape index (κ2) is 4.94. The van der Waals surface area contributed by atoms with Gasteiger partial charge < -0.3 is 10.8 Å². The maximum Gasteiger partial charge on any atom is 0.126 e. The van der Waals surface area contributed by atoms with Gasteiger partial charge in [0, 0.05) is 6.61 Å². The zero-order valence-electron chi connectivity index (χ0n) is 7.41. The maximum absolute atomic E-state index is 13.1. The largest absolute Gasteiger partial charge is 0.396 e. The van der Waals surface area contributed by atoms with Crippen LogP contribution < -0.4 is 5.73 Å². The molecule has 0 aliphatic heterocycles. The molecule has 0 bridgehead atoms. The van der Waals surface area contributed by atoms with Crippen molar-refractivity contribution in [2.24, 2.45) is 11.7 Å². The molecule has 0 radical (unpaired) electrons. The topological polar surface area (TPSA) is 46.2 Å². The molecule has 1 unspecified atom stereocenters. The molecule has 13 heavy (non-hydrogen) atoms. The zero-order valence-corrected chi connectivity index (χ0v) is 7.41. The normalized spacial score (nSPS) is 12.8. The summed E-state index contributed by atoms with van der Waals surface area (Å²) >= 11 is 0. The lowest BCUT2D eigenvalue weighted by molar-refractivity contribution is 0.229. The molecule has 3 heteroatoms. The number of aliphatic hydroxyl groups is 1. The molecular formula is C10H14FNO. The summed E-state index contributed by atoms with van der Waals surface area (Å²) in [6.07, 6.45) is 0.500. The number of rotatable bonds is 4. The minimum Gasteiger partial charge on any atom is -0.396 e. The molecule has 0 saturated carbocycles. The number of aliphatic hydroxyl groups excluding tert-OH is 1. The third kappa shape index (κ3) is 2.79. The first-order valence-electron chi connectivity index (χ1n) is 4.32. The van der Waals surface area contributed by atoms with Gasteiger partial charge in [-0.2, -0.15) is 0 Å². The highest BCUT2D eigenvalue weighted by molar-refractivity contribution is 5.17. The Balaban J connectivity index is 2.67. The van der Waals surface area contributed by atoms with Gasteiger partial charge in [0.1, 0.15) is 5.82 Å². The van der Waals surface area contributed by atoms with Crippen LogP contribution >= 0.6 is 0 Å². The highest BCUT2D eigenvalue weighted by atomic mass is 19.1. The first-order chi connectivity index (χ1) is 6.27. The summed E-state index contributed by atoms with van der Waals surface area (Å²) in [4.78, 5) is 0. The van der Waals surface area contributed by atoms with Crippen molar-refractivity contribution in [2.75, 3.05) is 13.2 Å². The number of hydrogen-bond donors (Lipinski definition) is 2. The van der Waals surface area contributed by atoms with Gasteiger partial charge in [-0.3, -0.25) is 0 Å². The van der Waals surface area contributed by atoms with Crippen molar-refractivity contribution < 1.29 is 9.50 Å². The number of hydrogen-bond acceptors (Lipinski definition) is 2. The van der Waals surface area contributed by atoms with Crippen LogP contribution in [0.5, 0.6) is 0 Å². The van der Waals surface area contributed by atoms with E-state index in [1.165, 1.54) is 6.07 Å². The van der Waals surface area contributed by atoms with Crippen LogP contribution in [0.25, 0.3) is 0 Å². The smallest absolute Gasteiger partial charge is 0.126 e. The monoisotopic (exact) mass is 183 g/mol. The van der Waals surface area contributed by atoms with Crippen molar-refractivity contribution in [3.63, 3.8) is 0 Å². The predicted octanol–water partition coefficient (Wildman–Crippen LogP) is 0.935. The molecule has 3 N–H and O–H groups in total. The molecule has 0 heterocycles. The Hall–Kier alpha value is -0.930. The maximum atomic E-state index is 13.1. The van der Waals surface area contributed by atoms with Gasteiger partial charge in [-0.15, -0.1) is 0 Å². The molecule has 1 aromatic rings. The molecule has 0 aromatic heterocycles. The molecule has 0 aliphatic rings. The Kier molecular flexibility index (Phi) is 3.86. The molecule has 1 atom stereocenters. The van der Waals surface area contributed by atoms with Crippen LogP contribution in [-0.4, -0.2) is 18.3 Å². The van der Waals surface area contributed by atoms with Crippen LogP contribution in [-0.2, 0) is 6.42 Å². The van der Waals surface area contributed by atoms with Gasteiger partial charge in [0.15, 0.2) is 0 Å². The highest BCUT2D eigenvalue weighted by Gasteiger charge is 2.08. The van der Waals surface area contributed by atoms with Crippen molar-refractivity contribution in [2.45, 2.75) is 6.42 Å². The average molecular weight is 183 g/mol. The van der Waals surface area contributed by atoms with E-state index in [2.05, 4.69) is 0 Å². The Labute approximate surface area is 77.2 Å². The molecule has 72 valence electrons. The third-order valence-electron chi connectivity index (χ3n) is 2.06. The van der Waals surface area contributed by atoms with E-state index in [0.717, 1.165) is 0 Å². The minimum absolute atomic E-state index is 0.00480. The van der Waals surface area contributed by atoms with Gasteiger partial charge in [0.25, 0.3) is 0 Å². The molecule has 0 fully saturated rings. The Morgan fingerprint density at radius 2 is 2.08 bits per heavy atom. The second-order valence-electron chi connectivity index (χ2n) is 3.08. The molecular weight excluding hydrogens is 169 g/mol. The van der Waals surface area contributed by atoms with E-state index in [1.54, 1.807) is 18.2 Å². The van der Waals surface area contributed by atoms with E-state index in [-0.39, 0.29) is 18.3 Å². The molecule has 2 nitrogen and oxygen atoms in total. The van der Waals surface area contributed by atoms with Crippen molar-refractivity contribution in [3.8, 4) is 0 Å². The van der Waals surface area contributed by atoms with Gasteiger partial charge in [-0.25, -0.2) is 4.39 Å². The summed E-state index contributed by atoms with van der Waals surface area (Å²) in [6, 6.07) is 6.56. The van der Waals surface area contributed by atoms with Crippen molar-refractivity contribution in [3.05, 3.63) is 35.6 Å². The van der Waals surface area contributed by atoms with Crippen LogP contribution in [0.2, 0.25) is 0 Å². The average Bonchev–Trinajstić information content (AvgIpc) is 2.17. The van der Waals surface area contributed by atoms with E-state index >= 15 is 0 Å². The fourth-order valence-corrected chi connectivity index (χ4v) is 1.20. The van der Waals surface area contributed by atoms with Crippen LogP contribution in [0.1, 0.15) is 5.56 Å². The Morgan fingerprint density at radius 1 is 1.38 bits per heavy atom. The Morgan fingerprint density at radius 3 is 2.62 bits per heavy atom. The number of nitrogens with two attached hydrogens (primary N) is 1. The predicted molar refractivity (Wildman–Crippen MR) is 49.7 cm³/mol. The SMILES string of the molecule is NCC(CO)Cc1ccccc1F. The van der Waals surface area contributed by atoms with E-state index in [0.29, 0.717) is 18.5 Å². The number of halogens is 1. The van der Waals surface area contributed by atoms with E-state index in [1.807, 2.05) is 0 Å². The summed E-state index contributed by atoms with van der Waals surface area (Å²) < 4.78 is 13.1. The molecule has 1 rings (SSSR count). The highest BCUT2D eigenvalue weighted by Crippen LogP contribution is 2.11. The van der Waals surface area contributed by atoms with Crippen molar-refractivity contribution >= 4 is 0 Å². The van der Waals surface area contributed by atoms with Gasteiger partial charge in [-0.1, -0.05) is 18.2 Å². The molecule has 0 aliphatic carbocycles. The van der Waals surface area contributed by atoms with Crippen LogP contribution in [0, 0.1) is 11.7 Å². The minimum atomic E-state index is -0.227. The summed E-state index contributed by atoms with van der Waals surface area (Å²) in [5, 5.41) is 8.88. The Bertz CT molecular complexity index is 261. The van der Waals surface area contributed by atoms with Crippen LogP contribution in [0.3, 0.4) is 0 Å². The van der Waals surface area contributed by atoms with Gasteiger partial charge in [0.2, 0.25) is 0 Å². The molecule has 0 spiro atoms. The quantitative estimate of drug-likeness (QED) is 0.729. The molecule has 1 aromatic carbocycles. The van der Waals surface area contributed by atoms with Gasteiger partial charge >= 0.3 is 0 Å². The molecule has 0 amide bonds. The van der Waals surface area contributed by atoms with Crippen molar-refractivity contribution in [1.29, 1.82) is 0 Å². The molecule has 0 saturated heterocycles. The zero-order chi connectivity index (χ0) is 9.68. The van der Waals surface area contributed by atoms with Gasteiger partial charge in [0.05, 0.1) is 0 Å². The lowest BCUT2D eigenvalue weighted by Crippen LogP contribution is -2.20. The second-order valence-corrected chi connectivity index (χ2v) is 3.08. The van der Waals surface area contributed by atoms with Crippen LogP contribution in [0.15, 0.2) is 24.3 Å². The van der Waals surface area contributed by atoms with Gasteiger partial charge in [-0.05, 0) is 30.5 Å². The summed E-state index contributed by atoms with van der Waals surface area (Å²) in [5.74, 6) is -0.272.